The Labute approximate surface area is 90.5 Å². The molecule has 0 fully saturated rings. The van der Waals surface area contributed by atoms with Gasteiger partial charge in [0.1, 0.15) is 5.69 Å². The van der Waals surface area contributed by atoms with Gasteiger partial charge in [-0.15, -0.1) is 0 Å². The lowest BCUT2D eigenvalue weighted by molar-refractivity contribution is 0.0993. The van der Waals surface area contributed by atoms with Crippen molar-refractivity contribution in [1.82, 2.24) is 9.55 Å². The molecule has 4 nitrogen and oxygen atoms in total. The number of carbonyl (C=O) groups is 1. The number of rotatable bonds is 2. The first-order chi connectivity index (χ1) is 6.75. The Morgan fingerprint density at radius 1 is 1.47 bits per heavy atom. The number of aromatic nitrogens is 2. The van der Waals surface area contributed by atoms with Gasteiger partial charge in [0.05, 0.1) is 12.0 Å². The third-order valence-corrected chi connectivity index (χ3v) is 2.29. The van der Waals surface area contributed by atoms with E-state index in [2.05, 4.69) is 39.6 Å². The summed E-state index contributed by atoms with van der Waals surface area (Å²) in [6, 6.07) is 0.278. The van der Waals surface area contributed by atoms with E-state index in [0.29, 0.717) is 5.69 Å². The lowest BCUT2D eigenvalue weighted by Gasteiger charge is -2.23. The molecule has 2 N–H and O–H groups in total. The quantitative estimate of drug-likeness (QED) is 0.808. The summed E-state index contributed by atoms with van der Waals surface area (Å²) < 4.78 is 2.00. The van der Waals surface area contributed by atoms with Gasteiger partial charge in [-0.3, -0.25) is 4.79 Å². The minimum absolute atomic E-state index is 0.134. The van der Waals surface area contributed by atoms with Gasteiger partial charge < -0.3 is 10.3 Å². The van der Waals surface area contributed by atoms with E-state index in [-0.39, 0.29) is 11.5 Å². The number of hydrogen-bond acceptors (Lipinski definition) is 2. The van der Waals surface area contributed by atoms with Crippen molar-refractivity contribution in [2.45, 2.75) is 46.1 Å². The van der Waals surface area contributed by atoms with Crippen molar-refractivity contribution < 1.29 is 4.79 Å². The van der Waals surface area contributed by atoms with Gasteiger partial charge in [0.15, 0.2) is 0 Å². The number of nitrogens with zero attached hydrogens (tertiary/aromatic N) is 2. The van der Waals surface area contributed by atoms with Crippen LogP contribution in [0.2, 0.25) is 0 Å². The van der Waals surface area contributed by atoms with Crippen LogP contribution in [0.5, 0.6) is 0 Å². The van der Waals surface area contributed by atoms with Crippen LogP contribution in [0, 0.1) is 0 Å². The van der Waals surface area contributed by atoms with Gasteiger partial charge >= 0.3 is 0 Å². The monoisotopic (exact) mass is 209 g/mol. The van der Waals surface area contributed by atoms with Gasteiger partial charge in [-0.1, -0.05) is 20.8 Å². The van der Waals surface area contributed by atoms with Gasteiger partial charge in [-0.2, -0.15) is 0 Å². The molecule has 1 aromatic heterocycles. The highest BCUT2D eigenvalue weighted by Gasteiger charge is 2.27. The van der Waals surface area contributed by atoms with E-state index < -0.39 is 5.91 Å². The van der Waals surface area contributed by atoms with E-state index in [9.17, 15) is 4.79 Å². The Balaban J connectivity index is 3.40. The normalized spacial score (nSPS) is 12.1. The van der Waals surface area contributed by atoms with Gasteiger partial charge in [0, 0.05) is 11.5 Å². The Kier molecular flexibility index (Phi) is 2.88. The molecule has 0 radical (unpaired) electrons. The molecular weight excluding hydrogens is 190 g/mol. The van der Waals surface area contributed by atoms with Gasteiger partial charge in [-0.05, 0) is 13.8 Å². The summed E-state index contributed by atoms with van der Waals surface area (Å²) in [5, 5.41) is 0. The summed E-state index contributed by atoms with van der Waals surface area (Å²) >= 11 is 0. The van der Waals surface area contributed by atoms with Crippen molar-refractivity contribution in [1.29, 1.82) is 0 Å². The summed E-state index contributed by atoms with van der Waals surface area (Å²) in [5.74, 6) is -0.459. The largest absolute Gasteiger partial charge is 0.364 e. The molecule has 0 atom stereocenters. The van der Waals surface area contributed by atoms with Crippen molar-refractivity contribution in [2.75, 3.05) is 0 Å². The standard InChI is InChI=1S/C11H19N3O/c1-7(2)14-6-13-8(10(12)15)9(14)11(3,4)5/h6-7H,1-5H3,(H2,12,15). The van der Waals surface area contributed by atoms with Crippen LogP contribution in [0.4, 0.5) is 0 Å². The maximum absolute atomic E-state index is 11.3. The van der Waals surface area contributed by atoms with Crippen LogP contribution in [0.15, 0.2) is 6.33 Å². The van der Waals surface area contributed by atoms with Crippen LogP contribution in [0.3, 0.4) is 0 Å². The average Bonchev–Trinajstić information content (AvgIpc) is 2.45. The highest BCUT2D eigenvalue weighted by molar-refractivity contribution is 5.92. The SMILES string of the molecule is CC(C)n1cnc(C(N)=O)c1C(C)(C)C. The number of hydrogen-bond donors (Lipinski definition) is 1. The molecule has 15 heavy (non-hydrogen) atoms. The molecule has 1 aromatic rings. The third-order valence-electron chi connectivity index (χ3n) is 2.29. The molecule has 0 spiro atoms. The fourth-order valence-corrected chi connectivity index (χ4v) is 1.68. The summed E-state index contributed by atoms with van der Waals surface area (Å²) in [5.41, 5.74) is 6.47. The second-order valence-electron chi connectivity index (χ2n) is 5.06. The van der Waals surface area contributed by atoms with E-state index in [1.165, 1.54) is 0 Å². The fraction of sp³-hybridized carbons (Fsp3) is 0.636. The molecule has 0 aliphatic rings. The van der Waals surface area contributed by atoms with Crippen molar-refractivity contribution in [3.63, 3.8) is 0 Å². The highest BCUT2D eigenvalue weighted by atomic mass is 16.1. The Morgan fingerprint density at radius 2 is 2.00 bits per heavy atom. The lowest BCUT2D eigenvalue weighted by Crippen LogP contribution is -2.24. The zero-order valence-electron chi connectivity index (χ0n) is 10.0. The second kappa shape index (κ2) is 3.68. The van der Waals surface area contributed by atoms with E-state index in [4.69, 9.17) is 5.73 Å². The molecular formula is C11H19N3O. The van der Waals surface area contributed by atoms with E-state index in [1.54, 1.807) is 6.33 Å². The molecule has 1 amide bonds. The molecule has 0 saturated heterocycles. The van der Waals surface area contributed by atoms with Crippen LogP contribution in [-0.2, 0) is 5.41 Å². The van der Waals surface area contributed by atoms with Crippen LogP contribution < -0.4 is 5.73 Å². The topological polar surface area (TPSA) is 60.9 Å². The zero-order chi connectivity index (χ0) is 11.8. The van der Waals surface area contributed by atoms with Crippen LogP contribution in [0.25, 0.3) is 0 Å². The predicted octanol–water partition coefficient (Wildman–Crippen LogP) is 1.86. The predicted molar refractivity (Wildman–Crippen MR) is 59.8 cm³/mol. The molecule has 0 saturated carbocycles. The van der Waals surface area contributed by atoms with Crippen molar-refractivity contribution in [3.8, 4) is 0 Å². The maximum Gasteiger partial charge on any atom is 0.269 e. The first-order valence-electron chi connectivity index (χ1n) is 5.12. The lowest BCUT2D eigenvalue weighted by atomic mass is 9.90. The van der Waals surface area contributed by atoms with Crippen molar-refractivity contribution in [2.24, 2.45) is 5.73 Å². The minimum atomic E-state index is -0.459. The molecule has 84 valence electrons. The van der Waals surface area contributed by atoms with Crippen LogP contribution in [0.1, 0.15) is 56.8 Å². The number of primary amides is 1. The summed E-state index contributed by atoms with van der Waals surface area (Å²) in [6.45, 7) is 10.3. The number of nitrogens with two attached hydrogens (primary N) is 1. The Hall–Kier alpha value is -1.32. The Morgan fingerprint density at radius 3 is 2.33 bits per heavy atom. The number of amides is 1. The first kappa shape index (κ1) is 11.8. The number of imidazole rings is 1. The Bertz CT molecular complexity index is 372. The van der Waals surface area contributed by atoms with Gasteiger partial charge in [0.25, 0.3) is 5.91 Å². The van der Waals surface area contributed by atoms with Gasteiger partial charge in [-0.25, -0.2) is 4.98 Å². The van der Waals surface area contributed by atoms with E-state index in [0.717, 1.165) is 5.69 Å². The molecule has 0 unspecified atom stereocenters. The van der Waals surface area contributed by atoms with E-state index >= 15 is 0 Å². The summed E-state index contributed by atoms with van der Waals surface area (Å²) in [6.07, 6.45) is 1.69. The summed E-state index contributed by atoms with van der Waals surface area (Å²) in [7, 11) is 0. The fourth-order valence-electron chi connectivity index (χ4n) is 1.68. The third kappa shape index (κ3) is 2.19. The van der Waals surface area contributed by atoms with Crippen LogP contribution in [-0.4, -0.2) is 15.5 Å². The molecule has 0 aliphatic carbocycles. The minimum Gasteiger partial charge on any atom is -0.364 e. The molecule has 1 heterocycles. The van der Waals surface area contributed by atoms with Crippen molar-refractivity contribution >= 4 is 5.91 Å². The van der Waals surface area contributed by atoms with Crippen LogP contribution >= 0.6 is 0 Å². The number of carbonyl (C=O) groups excluding carboxylic acids is 1. The smallest absolute Gasteiger partial charge is 0.269 e. The zero-order valence-corrected chi connectivity index (χ0v) is 10.0. The maximum atomic E-state index is 11.3. The van der Waals surface area contributed by atoms with E-state index in [1.807, 2.05) is 4.57 Å². The molecule has 0 aliphatic heterocycles. The van der Waals surface area contributed by atoms with Crippen molar-refractivity contribution in [3.05, 3.63) is 17.7 Å². The molecule has 0 bridgehead atoms. The molecule has 0 aromatic carbocycles. The molecule has 4 heteroatoms. The molecule has 1 rings (SSSR count). The second-order valence-corrected chi connectivity index (χ2v) is 5.06. The first-order valence-corrected chi connectivity index (χ1v) is 5.12. The van der Waals surface area contributed by atoms with Gasteiger partial charge in [0.2, 0.25) is 0 Å². The highest BCUT2D eigenvalue weighted by Crippen LogP contribution is 2.27. The average molecular weight is 209 g/mol. The summed E-state index contributed by atoms with van der Waals surface area (Å²) in [4.78, 5) is 15.3.